The minimum atomic E-state index is -0.761. The number of rotatable bonds is 9. The highest BCUT2D eigenvalue weighted by Crippen LogP contribution is 2.42. The van der Waals surface area contributed by atoms with Gasteiger partial charge in [0.2, 0.25) is 11.6 Å². The molecule has 14 heteroatoms. The van der Waals surface area contributed by atoms with Crippen molar-refractivity contribution >= 4 is 39.8 Å². The Labute approximate surface area is 234 Å². The summed E-state index contributed by atoms with van der Waals surface area (Å²) in [6.45, 7) is 7.18. The van der Waals surface area contributed by atoms with E-state index in [9.17, 15) is 4.79 Å². The Morgan fingerprint density at radius 3 is 2.33 bits per heavy atom. The number of hydrogen-bond donors (Lipinski definition) is 3. The van der Waals surface area contributed by atoms with Crippen LogP contribution >= 0.6 is 11.3 Å². The van der Waals surface area contributed by atoms with Crippen LogP contribution in [0.15, 0.2) is 34.9 Å². The van der Waals surface area contributed by atoms with Gasteiger partial charge in [0.1, 0.15) is 16.3 Å². The first kappa shape index (κ1) is 28.4. The SMILES string of the molecule is COc1cc(Nc2nc(N)c(-c3nc(-c4cc(NC(=O)OOC(C)(C)C)ccc4C)no3)s2)cc(OC)c1OC. The molecule has 2 aromatic carbocycles. The molecule has 0 saturated carbocycles. The van der Waals surface area contributed by atoms with E-state index in [0.29, 0.717) is 50.0 Å². The zero-order chi connectivity index (χ0) is 29.0. The number of nitrogens with zero attached hydrogens (tertiary/aromatic N) is 3. The van der Waals surface area contributed by atoms with Crippen LogP contribution in [0.1, 0.15) is 26.3 Å². The number of anilines is 4. The van der Waals surface area contributed by atoms with E-state index in [2.05, 4.69) is 25.8 Å². The summed E-state index contributed by atoms with van der Waals surface area (Å²) in [5, 5.41) is 10.4. The number of amides is 1. The predicted octanol–water partition coefficient (Wildman–Crippen LogP) is 5.80. The molecule has 13 nitrogen and oxygen atoms in total. The molecule has 40 heavy (non-hydrogen) atoms. The zero-order valence-corrected chi connectivity index (χ0v) is 23.9. The minimum absolute atomic E-state index is 0.193. The molecule has 0 aliphatic heterocycles. The van der Waals surface area contributed by atoms with Gasteiger partial charge in [-0.2, -0.15) is 9.87 Å². The molecule has 0 radical (unpaired) electrons. The fourth-order valence-corrected chi connectivity index (χ4v) is 4.31. The predicted molar refractivity (Wildman–Crippen MR) is 150 cm³/mol. The monoisotopic (exact) mass is 570 g/mol. The van der Waals surface area contributed by atoms with E-state index in [1.54, 1.807) is 45.0 Å². The summed E-state index contributed by atoms with van der Waals surface area (Å²) in [5.41, 5.74) is 8.16. The fourth-order valence-electron chi connectivity index (χ4n) is 3.48. The minimum Gasteiger partial charge on any atom is -0.493 e. The van der Waals surface area contributed by atoms with Crippen molar-refractivity contribution in [1.29, 1.82) is 0 Å². The third-order valence-corrected chi connectivity index (χ3v) is 6.26. The molecule has 0 bridgehead atoms. The summed E-state index contributed by atoms with van der Waals surface area (Å²) >= 11 is 1.23. The van der Waals surface area contributed by atoms with Crippen molar-refractivity contribution in [2.75, 3.05) is 37.7 Å². The smallest absolute Gasteiger partial charge is 0.443 e. The van der Waals surface area contributed by atoms with Crippen LogP contribution in [0.3, 0.4) is 0 Å². The molecule has 0 unspecified atom stereocenters. The standard InChI is InChI=1S/C26H30N6O7S/c1-13-8-9-14(29-25(33)38-39-26(2,3)4)10-16(13)22-31-23(37-32-22)20-21(27)30-24(40-20)28-15-11-17(34-5)19(36-7)18(12-15)35-6/h8-12H,27H2,1-7H3,(H,28,30)(H,29,33). The topological polar surface area (TPSA) is 165 Å². The third kappa shape index (κ3) is 6.52. The summed E-state index contributed by atoms with van der Waals surface area (Å²) in [7, 11) is 4.61. The number of benzene rings is 2. The second kappa shape index (κ2) is 11.7. The molecule has 2 aromatic heterocycles. The van der Waals surface area contributed by atoms with Crippen molar-refractivity contribution < 1.29 is 33.3 Å². The number of methoxy groups -OCH3 is 3. The van der Waals surface area contributed by atoms with Crippen LogP contribution in [-0.2, 0) is 9.78 Å². The number of aromatic nitrogens is 3. The average molecular weight is 571 g/mol. The van der Waals surface area contributed by atoms with Gasteiger partial charge in [0.15, 0.2) is 16.6 Å². The Morgan fingerprint density at radius 1 is 1.00 bits per heavy atom. The van der Waals surface area contributed by atoms with Gasteiger partial charge in [-0.05, 0) is 45.4 Å². The number of carbonyl (C=O) groups is 1. The molecule has 0 aliphatic rings. The molecule has 1 amide bonds. The Hall–Kier alpha value is -4.56. The summed E-state index contributed by atoms with van der Waals surface area (Å²) in [5.74, 6) is 2.15. The van der Waals surface area contributed by atoms with Gasteiger partial charge in [0.05, 0.1) is 21.3 Å². The fraction of sp³-hybridized carbons (Fsp3) is 0.308. The molecule has 0 aliphatic carbocycles. The van der Waals surface area contributed by atoms with Crippen LogP contribution in [0.2, 0.25) is 0 Å². The molecule has 0 saturated heterocycles. The number of nitrogen functional groups attached to an aromatic ring is 1. The summed E-state index contributed by atoms with van der Waals surface area (Å²) < 4.78 is 21.7. The molecule has 2 heterocycles. The van der Waals surface area contributed by atoms with Gasteiger partial charge in [-0.3, -0.25) is 10.2 Å². The molecule has 4 aromatic rings. The molecule has 0 atom stereocenters. The molecule has 4 N–H and O–H groups in total. The molecule has 212 valence electrons. The van der Waals surface area contributed by atoms with E-state index >= 15 is 0 Å². The largest absolute Gasteiger partial charge is 0.493 e. The number of nitrogens with one attached hydrogen (secondary N) is 2. The maximum atomic E-state index is 12.1. The number of thiazole rings is 1. The average Bonchev–Trinajstić information content (AvgIpc) is 3.54. The molecular formula is C26H30N6O7S. The normalized spacial score (nSPS) is 11.2. The van der Waals surface area contributed by atoms with Crippen LogP contribution in [0.5, 0.6) is 17.2 Å². The van der Waals surface area contributed by atoms with Gasteiger partial charge in [0.25, 0.3) is 5.89 Å². The second-order valence-corrected chi connectivity index (χ2v) is 10.4. The van der Waals surface area contributed by atoms with Gasteiger partial charge in [-0.1, -0.05) is 22.6 Å². The Bertz CT molecular complexity index is 1490. The van der Waals surface area contributed by atoms with Crippen molar-refractivity contribution in [3.8, 4) is 39.4 Å². The van der Waals surface area contributed by atoms with Crippen molar-refractivity contribution in [3.05, 3.63) is 35.9 Å². The number of ether oxygens (including phenoxy) is 3. The van der Waals surface area contributed by atoms with E-state index in [4.69, 9.17) is 34.2 Å². The Morgan fingerprint density at radius 2 is 1.70 bits per heavy atom. The van der Waals surface area contributed by atoms with Gasteiger partial charge in [0, 0.05) is 29.1 Å². The van der Waals surface area contributed by atoms with Crippen LogP contribution < -0.4 is 30.6 Å². The van der Waals surface area contributed by atoms with Crippen LogP contribution in [0.25, 0.3) is 22.2 Å². The summed E-state index contributed by atoms with van der Waals surface area (Å²) in [4.78, 5) is 31.3. The van der Waals surface area contributed by atoms with Crippen molar-refractivity contribution in [1.82, 2.24) is 15.1 Å². The first-order chi connectivity index (χ1) is 19.0. The van der Waals surface area contributed by atoms with E-state index in [1.807, 2.05) is 13.0 Å². The number of nitrogens with two attached hydrogens (primary N) is 1. The van der Waals surface area contributed by atoms with Crippen molar-refractivity contribution in [2.24, 2.45) is 0 Å². The van der Waals surface area contributed by atoms with Crippen molar-refractivity contribution in [3.63, 3.8) is 0 Å². The Balaban J connectivity index is 1.54. The first-order valence-electron chi connectivity index (χ1n) is 12.0. The van der Waals surface area contributed by atoms with Gasteiger partial charge in [-0.15, -0.1) is 0 Å². The third-order valence-electron chi connectivity index (χ3n) is 5.28. The number of hydrogen-bond acceptors (Lipinski definition) is 13. The second-order valence-electron chi connectivity index (χ2n) is 9.42. The summed E-state index contributed by atoms with van der Waals surface area (Å²) in [6.07, 6.45) is -0.761. The molecule has 0 fully saturated rings. The van der Waals surface area contributed by atoms with Crippen LogP contribution in [0.4, 0.5) is 27.1 Å². The summed E-state index contributed by atoms with van der Waals surface area (Å²) in [6, 6.07) is 8.73. The quantitative estimate of drug-likeness (QED) is 0.164. The maximum absolute atomic E-state index is 12.1. The van der Waals surface area contributed by atoms with E-state index in [1.165, 1.54) is 32.7 Å². The van der Waals surface area contributed by atoms with Gasteiger partial charge >= 0.3 is 6.09 Å². The first-order valence-corrected chi connectivity index (χ1v) is 12.8. The highest BCUT2D eigenvalue weighted by molar-refractivity contribution is 7.19. The van der Waals surface area contributed by atoms with E-state index in [0.717, 1.165) is 5.56 Å². The molecular weight excluding hydrogens is 540 g/mol. The molecule has 0 spiro atoms. The lowest BCUT2D eigenvalue weighted by molar-refractivity contribution is -0.297. The van der Waals surface area contributed by atoms with Crippen LogP contribution in [0, 0.1) is 6.92 Å². The lowest BCUT2D eigenvalue weighted by Gasteiger charge is -2.16. The van der Waals surface area contributed by atoms with Gasteiger partial charge in [-0.25, -0.2) is 9.78 Å². The number of aryl methyl sites for hydroxylation is 1. The highest BCUT2D eigenvalue weighted by Gasteiger charge is 2.21. The number of carbonyl (C=O) groups excluding carboxylic acids is 1. The highest BCUT2D eigenvalue weighted by atomic mass is 32.1. The van der Waals surface area contributed by atoms with Crippen LogP contribution in [-0.4, -0.2) is 48.1 Å². The van der Waals surface area contributed by atoms with Crippen molar-refractivity contribution in [2.45, 2.75) is 33.3 Å². The lowest BCUT2D eigenvalue weighted by Crippen LogP contribution is -2.24. The van der Waals surface area contributed by atoms with E-state index in [-0.39, 0.29) is 11.7 Å². The van der Waals surface area contributed by atoms with E-state index < -0.39 is 11.7 Å². The lowest BCUT2D eigenvalue weighted by atomic mass is 10.1. The maximum Gasteiger partial charge on any atom is 0.443 e. The Kier molecular flexibility index (Phi) is 8.30. The van der Waals surface area contributed by atoms with Gasteiger partial charge < -0.3 is 29.8 Å². The zero-order valence-electron chi connectivity index (χ0n) is 23.1. The molecule has 4 rings (SSSR count).